The van der Waals surface area contributed by atoms with Gasteiger partial charge in [-0.2, -0.15) is 0 Å². The Morgan fingerprint density at radius 1 is 1.60 bits per heavy atom. The zero-order valence-corrected chi connectivity index (χ0v) is 6.21. The molecule has 0 N–H and O–H groups in total. The largest absolute Gasteiger partial charge is 0.303 e. The summed E-state index contributed by atoms with van der Waals surface area (Å²) in [6.45, 7) is 5.46. The van der Waals surface area contributed by atoms with E-state index in [1.165, 1.54) is 0 Å². The molecule has 0 aromatic rings. The third kappa shape index (κ3) is 3.84. The Morgan fingerprint density at radius 2 is 2.30 bits per heavy atom. The summed E-state index contributed by atoms with van der Waals surface area (Å²) in [5.41, 5.74) is 0.993. The van der Waals surface area contributed by atoms with Crippen molar-refractivity contribution in [2.45, 2.75) is 13.3 Å². The minimum atomic E-state index is 0.469. The van der Waals surface area contributed by atoms with Crippen molar-refractivity contribution >= 4 is 6.29 Å². The third-order valence-electron chi connectivity index (χ3n) is 1.03. The maximum atomic E-state index is 10.1. The summed E-state index contributed by atoms with van der Waals surface area (Å²) in [5.74, 6) is 0. The monoisotopic (exact) mass is 136 g/mol. The highest BCUT2D eigenvalue weighted by Gasteiger charge is 1.85. The van der Waals surface area contributed by atoms with Gasteiger partial charge in [0.05, 0.1) is 0 Å². The first-order valence-corrected chi connectivity index (χ1v) is 3.23. The van der Waals surface area contributed by atoms with Gasteiger partial charge in [-0.25, -0.2) is 0 Å². The van der Waals surface area contributed by atoms with Gasteiger partial charge in [0.25, 0.3) is 0 Å². The van der Waals surface area contributed by atoms with Crippen LogP contribution < -0.4 is 0 Å². The number of carbonyl (C=O) groups is 1. The highest BCUT2D eigenvalue weighted by molar-refractivity contribution is 5.56. The van der Waals surface area contributed by atoms with Crippen LogP contribution in [0.5, 0.6) is 0 Å². The zero-order chi connectivity index (χ0) is 7.82. The fourth-order valence-electron chi connectivity index (χ4n) is 0.653. The number of allylic oxidation sites excluding steroid dienone is 5. The van der Waals surface area contributed by atoms with Crippen molar-refractivity contribution in [3.63, 3.8) is 0 Å². The highest BCUT2D eigenvalue weighted by Crippen LogP contribution is 2.00. The van der Waals surface area contributed by atoms with Crippen LogP contribution in [0.15, 0.2) is 36.5 Å². The van der Waals surface area contributed by atoms with Crippen molar-refractivity contribution < 1.29 is 4.79 Å². The lowest BCUT2D eigenvalue weighted by molar-refractivity contribution is -0.107. The predicted octanol–water partition coefficient (Wildman–Crippen LogP) is 2.26. The van der Waals surface area contributed by atoms with Gasteiger partial charge in [0.1, 0.15) is 6.29 Å². The van der Waals surface area contributed by atoms with E-state index in [4.69, 9.17) is 0 Å². The molecule has 0 saturated carbocycles. The zero-order valence-electron chi connectivity index (χ0n) is 6.21. The van der Waals surface area contributed by atoms with E-state index >= 15 is 0 Å². The second-order valence-electron chi connectivity index (χ2n) is 1.85. The van der Waals surface area contributed by atoms with Crippen molar-refractivity contribution in [1.29, 1.82) is 0 Å². The Balaban J connectivity index is 4.09. The Morgan fingerprint density at radius 3 is 2.70 bits per heavy atom. The van der Waals surface area contributed by atoms with Gasteiger partial charge in [-0.05, 0) is 12.5 Å². The molecule has 0 aromatic heterocycles. The van der Waals surface area contributed by atoms with Crippen molar-refractivity contribution in [3.05, 3.63) is 36.5 Å². The lowest BCUT2D eigenvalue weighted by Gasteiger charge is -1.90. The predicted molar refractivity (Wildman–Crippen MR) is 43.8 cm³/mol. The minimum absolute atomic E-state index is 0.469. The van der Waals surface area contributed by atoms with E-state index in [9.17, 15) is 4.79 Å². The summed E-state index contributed by atoms with van der Waals surface area (Å²) in [7, 11) is 0. The van der Waals surface area contributed by atoms with Crippen LogP contribution in [0.1, 0.15) is 13.3 Å². The average molecular weight is 136 g/mol. The molecule has 54 valence electrons. The van der Waals surface area contributed by atoms with E-state index in [0.717, 1.165) is 11.9 Å². The molecule has 0 amide bonds. The number of hydrogen-bond acceptors (Lipinski definition) is 1. The van der Waals surface area contributed by atoms with Crippen molar-refractivity contribution in [3.8, 4) is 0 Å². The van der Waals surface area contributed by atoms with Crippen LogP contribution in [0.25, 0.3) is 0 Å². The fraction of sp³-hybridized carbons (Fsp3) is 0.222. The molecule has 1 nitrogen and oxygen atoms in total. The number of aldehydes is 1. The molecule has 0 aliphatic heterocycles. The first-order valence-electron chi connectivity index (χ1n) is 3.23. The number of carbonyl (C=O) groups excluding carboxylic acids is 1. The van der Waals surface area contributed by atoms with Crippen LogP contribution in [-0.4, -0.2) is 6.29 Å². The second kappa shape index (κ2) is 6.02. The summed E-state index contributed by atoms with van der Waals surface area (Å²) in [6.07, 6.45) is 8.66. The van der Waals surface area contributed by atoms with Crippen LogP contribution in [0.2, 0.25) is 0 Å². The first kappa shape index (κ1) is 8.89. The molecule has 0 bridgehead atoms. The Hall–Kier alpha value is -1.11. The van der Waals surface area contributed by atoms with Gasteiger partial charge < -0.3 is 4.79 Å². The van der Waals surface area contributed by atoms with Crippen LogP contribution in [0.4, 0.5) is 0 Å². The summed E-state index contributed by atoms with van der Waals surface area (Å²) in [4.78, 5) is 10.1. The SMILES string of the molecule is C=C/C=C(\C=C/C)CC=O. The van der Waals surface area contributed by atoms with Gasteiger partial charge in [0.2, 0.25) is 0 Å². The molecular weight excluding hydrogens is 124 g/mol. The van der Waals surface area contributed by atoms with Crippen molar-refractivity contribution in [2.24, 2.45) is 0 Å². The lowest BCUT2D eigenvalue weighted by Crippen LogP contribution is -1.78. The van der Waals surface area contributed by atoms with Gasteiger partial charge in [-0.1, -0.05) is 30.9 Å². The smallest absolute Gasteiger partial charge is 0.124 e. The summed E-state index contributed by atoms with van der Waals surface area (Å²) < 4.78 is 0. The van der Waals surface area contributed by atoms with Crippen LogP contribution in [0.3, 0.4) is 0 Å². The molecule has 0 heterocycles. The minimum Gasteiger partial charge on any atom is -0.303 e. The topological polar surface area (TPSA) is 17.1 Å². The van der Waals surface area contributed by atoms with Crippen molar-refractivity contribution in [1.82, 2.24) is 0 Å². The van der Waals surface area contributed by atoms with Gasteiger partial charge in [0.15, 0.2) is 0 Å². The standard InChI is InChI=1S/C9H12O/c1-3-5-9(6-4-2)7-8-10/h3-6,8H,1,7H2,2H3/b6-4-,9-5+. The molecule has 0 unspecified atom stereocenters. The molecule has 0 fully saturated rings. The number of rotatable bonds is 4. The van der Waals surface area contributed by atoms with Crippen molar-refractivity contribution in [2.75, 3.05) is 0 Å². The molecule has 1 heteroatoms. The third-order valence-corrected chi connectivity index (χ3v) is 1.03. The molecule has 0 aliphatic carbocycles. The van der Waals surface area contributed by atoms with Gasteiger partial charge in [0, 0.05) is 6.42 Å². The molecule has 0 saturated heterocycles. The number of hydrogen-bond donors (Lipinski definition) is 0. The van der Waals surface area contributed by atoms with E-state index in [0.29, 0.717) is 6.42 Å². The van der Waals surface area contributed by atoms with Crippen LogP contribution in [0, 0.1) is 0 Å². The maximum Gasteiger partial charge on any atom is 0.124 e. The molecule has 0 atom stereocenters. The Bertz CT molecular complexity index is 164. The molecule has 0 radical (unpaired) electrons. The summed E-state index contributed by atoms with van der Waals surface area (Å²) in [6, 6.07) is 0. The lowest BCUT2D eigenvalue weighted by atomic mass is 10.2. The van der Waals surface area contributed by atoms with E-state index in [2.05, 4.69) is 6.58 Å². The quantitative estimate of drug-likeness (QED) is 0.428. The Kier molecular flexibility index (Phi) is 5.35. The van der Waals surface area contributed by atoms with E-state index < -0.39 is 0 Å². The molecule has 0 aliphatic rings. The average Bonchev–Trinajstić information content (AvgIpc) is 1.90. The van der Waals surface area contributed by atoms with Crippen LogP contribution >= 0.6 is 0 Å². The second-order valence-corrected chi connectivity index (χ2v) is 1.85. The molecule has 0 rings (SSSR count). The molecular formula is C9H12O. The van der Waals surface area contributed by atoms with Gasteiger partial charge >= 0.3 is 0 Å². The maximum absolute atomic E-state index is 10.1. The van der Waals surface area contributed by atoms with Crippen LogP contribution in [-0.2, 0) is 4.79 Å². The molecule has 10 heavy (non-hydrogen) atoms. The molecule has 0 spiro atoms. The van der Waals surface area contributed by atoms with Gasteiger partial charge in [-0.15, -0.1) is 0 Å². The van der Waals surface area contributed by atoms with E-state index in [1.54, 1.807) is 6.08 Å². The Labute approximate surface area is 61.8 Å². The summed E-state index contributed by atoms with van der Waals surface area (Å²) in [5, 5.41) is 0. The first-order chi connectivity index (χ1) is 4.85. The van der Waals surface area contributed by atoms with E-state index in [1.807, 2.05) is 25.2 Å². The fourth-order valence-corrected chi connectivity index (χ4v) is 0.653. The summed E-state index contributed by atoms with van der Waals surface area (Å²) >= 11 is 0. The highest BCUT2D eigenvalue weighted by atomic mass is 16.1. The van der Waals surface area contributed by atoms with E-state index in [-0.39, 0.29) is 0 Å². The van der Waals surface area contributed by atoms with Gasteiger partial charge in [-0.3, -0.25) is 0 Å². The molecule has 0 aromatic carbocycles. The normalized spacial score (nSPS) is 11.9.